The molecular weight excluding hydrogens is 420 g/mol. The Morgan fingerprint density at radius 3 is 2.58 bits per heavy atom. The Hall–Kier alpha value is -2.52. The molecule has 2 heterocycles. The minimum absolute atomic E-state index is 0.0572. The van der Waals surface area contributed by atoms with Crippen molar-refractivity contribution in [3.8, 4) is 10.6 Å². The molecule has 1 saturated carbocycles. The number of carbonyl (C=O) groups is 1. The van der Waals surface area contributed by atoms with Crippen molar-refractivity contribution in [3.05, 3.63) is 35.5 Å². The molecule has 1 fully saturated rings. The second-order valence-corrected chi connectivity index (χ2v) is 9.15. The highest BCUT2D eigenvalue weighted by atomic mass is 32.1. The van der Waals surface area contributed by atoms with Crippen LogP contribution in [-0.2, 0) is 4.79 Å². The predicted molar refractivity (Wildman–Crippen MR) is 119 cm³/mol. The molecule has 3 aromatic rings. The first-order valence-electron chi connectivity index (χ1n) is 10.4. The van der Waals surface area contributed by atoms with Crippen LogP contribution in [0, 0.1) is 12.8 Å². The van der Waals surface area contributed by atoms with E-state index in [9.17, 15) is 13.6 Å². The monoisotopic (exact) mass is 445 g/mol. The zero-order chi connectivity index (χ0) is 21.8. The molecule has 2 N–H and O–H groups in total. The average molecular weight is 446 g/mol. The number of halogens is 2. The lowest BCUT2D eigenvalue weighted by Gasteiger charge is -2.30. The van der Waals surface area contributed by atoms with Crippen LogP contribution in [0.4, 0.5) is 14.6 Å². The molecular formula is C22H25F2N5OS. The predicted octanol–water partition coefficient (Wildman–Crippen LogP) is 4.46. The largest absolute Gasteiger partial charge is 0.310 e. The first-order valence-corrected chi connectivity index (χ1v) is 11.3. The molecule has 2 aromatic heterocycles. The van der Waals surface area contributed by atoms with Gasteiger partial charge >= 0.3 is 0 Å². The third-order valence-corrected chi connectivity index (χ3v) is 6.58. The molecule has 164 valence electrons. The molecule has 9 heteroatoms. The van der Waals surface area contributed by atoms with Crippen LogP contribution in [0.3, 0.4) is 0 Å². The molecule has 0 radical (unpaired) electrons. The molecule has 1 aliphatic rings. The summed E-state index contributed by atoms with van der Waals surface area (Å²) in [4.78, 5) is 17.1. The summed E-state index contributed by atoms with van der Waals surface area (Å²) in [5.74, 6) is 0.326. The number of benzene rings is 1. The Balaban J connectivity index is 1.39. The molecule has 0 bridgehead atoms. The van der Waals surface area contributed by atoms with Gasteiger partial charge in [-0.1, -0.05) is 23.5 Å². The van der Waals surface area contributed by atoms with Gasteiger partial charge in [0, 0.05) is 29.1 Å². The summed E-state index contributed by atoms with van der Waals surface area (Å²) >= 11 is 1.54. The van der Waals surface area contributed by atoms with Crippen LogP contribution in [0.5, 0.6) is 0 Å². The molecule has 0 unspecified atom stereocenters. The van der Waals surface area contributed by atoms with E-state index in [1.807, 2.05) is 31.2 Å². The van der Waals surface area contributed by atoms with Crippen molar-refractivity contribution in [1.82, 2.24) is 20.5 Å². The number of carbonyl (C=O) groups excluding carboxylic acids is 1. The van der Waals surface area contributed by atoms with Gasteiger partial charge in [0.25, 0.3) is 0 Å². The van der Waals surface area contributed by atoms with E-state index in [1.165, 1.54) is 11.3 Å². The first kappa shape index (κ1) is 21.7. The Labute approximate surface area is 183 Å². The molecule has 0 spiro atoms. The fourth-order valence-corrected chi connectivity index (χ4v) is 4.66. The van der Waals surface area contributed by atoms with E-state index in [4.69, 9.17) is 0 Å². The van der Waals surface area contributed by atoms with Crippen molar-refractivity contribution in [1.29, 1.82) is 0 Å². The Kier molecular flexibility index (Phi) is 6.82. The number of nitrogens with one attached hydrogen (secondary N) is 2. The number of aromatic nitrogens is 3. The number of aryl methyl sites for hydroxylation is 1. The molecule has 6 nitrogen and oxygen atoms in total. The first-order chi connectivity index (χ1) is 15.1. The van der Waals surface area contributed by atoms with E-state index in [1.54, 1.807) is 6.20 Å². The normalized spacial score (nSPS) is 19.1. The van der Waals surface area contributed by atoms with Crippen LogP contribution >= 0.6 is 11.3 Å². The zero-order valence-corrected chi connectivity index (χ0v) is 18.1. The van der Waals surface area contributed by atoms with Crippen molar-refractivity contribution >= 4 is 33.8 Å². The maximum atomic E-state index is 12.7. The number of anilines is 1. The van der Waals surface area contributed by atoms with Gasteiger partial charge in [-0.3, -0.25) is 4.79 Å². The van der Waals surface area contributed by atoms with Gasteiger partial charge in [0.1, 0.15) is 29.2 Å². The molecule has 0 atom stereocenters. The van der Waals surface area contributed by atoms with Crippen molar-refractivity contribution in [2.45, 2.75) is 44.7 Å². The third kappa shape index (κ3) is 5.22. The molecule has 1 aliphatic carbocycles. The van der Waals surface area contributed by atoms with Crippen LogP contribution in [-0.4, -0.2) is 46.5 Å². The number of rotatable bonds is 7. The van der Waals surface area contributed by atoms with E-state index < -0.39 is 19.4 Å². The maximum Gasteiger partial charge on any atom is 0.228 e. The van der Waals surface area contributed by atoms with Crippen LogP contribution in [0.25, 0.3) is 21.3 Å². The van der Waals surface area contributed by atoms with Crippen LogP contribution < -0.4 is 10.6 Å². The molecule has 0 aliphatic heterocycles. The van der Waals surface area contributed by atoms with E-state index in [-0.39, 0.29) is 17.9 Å². The van der Waals surface area contributed by atoms with Gasteiger partial charge < -0.3 is 10.6 Å². The van der Waals surface area contributed by atoms with Gasteiger partial charge in [-0.05, 0) is 50.1 Å². The topological polar surface area (TPSA) is 79.8 Å². The standard InChI is InChI=1S/C22H25F2N5OS/c1-13-28-29-22(31-13)15-2-3-16-12-25-20(9-17(16)8-15)27-21(30)14-4-6-18(7-5-14)26-19(10-23)11-24/h2-3,8-9,12,14,18-19,26H,4-7,10-11H2,1H3,(H,25,27,30). The fourth-order valence-electron chi connectivity index (χ4n) is 3.97. The highest BCUT2D eigenvalue weighted by Crippen LogP contribution is 2.29. The lowest BCUT2D eigenvalue weighted by molar-refractivity contribution is -0.120. The van der Waals surface area contributed by atoms with E-state index in [0.717, 1.165) is 39.2 Å². The number of fused-ring (bicyclic) bond motifs is 1. The van der Waals surface area contributed by atoms with Crippen LogP contribution in [0.15, 0.2) is 30.5 Å². The minimum atomic E-state index is -0.744. The highest BCUT2D eigenvalue weighted by Gasteiger charge is 2.27. The summed E-state index contributed by atoms with van der Waals surface area (Å²) in [6, 6.07) is 7.18. The van der Waals surface area contributed by atoms with Crippen molar-refractivity contribution in [2.75, 3.05) is 18.7 Å². The van der Waals surface area contributed by atoms with Gasteiger partial charge in [-0.25, -0.2) is 13.8 Å². The van der Waals surface area contributed by atoms with Crippen molar-refractivity contribution in [3.63, 3.8) is 0 Å². The summed E-state index contributed by atoms with van der Waals surface area (Å²) in [6.45, 7) is 0.486. The Morgan fingerprint density at radius 1 is 1.13 bits per heavy atom. The van der Waals surface area contributed by atoms with Gasteiger partial charge in [0.2, 0.25) is 5.91 Å². The van der Waals surface area contributed by atoms with Gasteiger partial charge in [0.05, 0.1) is 6.04 Å². The van der Waals surface area contributed by atoms with E-state index >= 15 is 0 Å². The lowest BCUT2D eigenvalue weighted by Crippen LogP contribution is -2.44. The zero-order valence-electron chi connectivity index (χ0n) is 17.3. The van der Waals surface area contributed by atoms with Crippen LogP contribution in [0.2, 0.25) is 0 Å². The number of hydrogen-bond acceptors (Lipinski definition) is 6. The summed E-state index contributed by atoms with van der Waals surface area (Å²) in [5.41, 5.74) is 0.979. The summed E-state index contributed by atoms with van der Waals surface area (Å²) < 4.78 is 25.4. The van der Waals surface area contributed by atoms with Crippen molar-refractivity contribution in [2.24, 2.45) is 5.92 Å². The van der Waals surface area contributed by atoms with Crippen molar-refractivity contribution < 1.29 is 13.6 Å². The molecule has 4 rings (SSSR count). The van der Waals surface area contributed by atoms with E-state index in [2.05, 4.69) is 25.8 Å². The number of nitrogens with zero attached hydrogens (tertiary/aromatic N) is 3. The number of hydrogen-bond donors (Lipinski definition) is 2. The summed E-state index contributed by atoms with van der Waals surface area (Å²) in [6.07, 6.45) is 4.57. The van der Waals surface area contributed by atoms with Crippen LogP contribution in [0.1, 0.15) is 30.7 Å². The summed E-state index contributed by atoms with van der Waals surface area (Å²) in [7, 11) is 0. The smallest absolute Gasteiger partial charge is 0.228 e. The highest BCUT2D eigenvalue weighted by molar-refractivity contribution is 7.14. The lowest BCUT2D eigenvalue weighted by atomic mass is 9.85. The van der Waals surface area contributed by atoms with Gasteiger partial charge in [-0.2, -0.15) is 0 Å². The SMILES string of the molecule is Cc1nnc(-c2ccc3cnc(NC(=O)C4CCC(NC(CF)CF)CC4)cc3c2)s1. The second kappa shape index (κ2) is 9.74. The third-order valence-electron chi connectivity index (χ3n) is 5.69. The number of pyridine rings is 1. The second-order valence-electron chi connectivity index (χ2n) is 7.97. The summed E-state index contributed by atoms with van der Waals surface area (Å²) in [5, 5.41) is 17.9. The fraction of sp³-hybridized carbons (Fsp3) is 0.455. The molecule has 1 aromatic carbocycles. The number of amides is 1. The maximum absolute atomic E-state index is 12.7. The minimum Gasteiger partial charge on any atom is -0.310 e. The molecule has 31 heavy (non-hydrogen) atoms. The quantitative estimate of drug-likeness (QED) is 0.561. The Bertz CT molecular complexity index is 1050. The van der Waals surface area contributed by atoms with E-state index in [0.29, 0.717) is 18.7 Å². The molecule has 0 saturated heterocycles. The number of alkyl halides is 2. The van der Waals surface area contributed by atoms with Gasteiger partial charge in [0.15, 0.2) is 0 Å². The molecule has 1 amide bonds. The Morgan fingerprint density at radius 2 is 1.90 bits per heavy atom. The van der Waals surface area contributed by atoms with Gasteiger partial charge in [-0.15, -0.1) is 10.2 Å². The average Bonchev–Trinajstić information content (AvgIpc) is 3.23.